The van der Waals surface area contributed by atoms with Crippen molar-refractivity contribution < 1.29 is 4.74 Å². The molecule has 2 aromatic rings. The molecule has 5 nitrogen and oxygen atoms in total. The van der Waals surface area contributed by atoms with E-state index in [9.17, 15) is 0 Å². The van der Waals surface area contributed by atoms with Crippen LogP contribution in [-0.4, -0.2) is 16.9 Å². The molecule has 1 heterocycles. The summed E-state index contributed by atoms with van der Waals surface area (Å²) in [5.41, 5.74) is 5.06. The summed E-state index contributed by atoms with van der Waals surface area (Å²) in [6.45, 7) is 2.83. The monoisotopic (exact) mass is 260 g/mol. The summed E-state index contributed by atoms with van der Waals surface area (Å²) in [4.78, 5) is 0. The van der Waals surface area contributed by atoms with E-state index in [2.05, 4.69) is 22.7 Å². The number of nitrogens with two attached hydrogens (primary N) is 1. The molecule has 0 spiro atoms. The Morgan fingerprint density at radius 1 is 1.37 bits per heavy atom. The van der Waals surface area contributed by atoms with Crippen LogP contribution in [0.2, 0.25) is 0 Å². The van der Waals surface area contributed by atoms with E-state index < -0.39 is 0 Å². The molecule has 2 rings (SSSR count). The molecule has 0 aliphatic heterocycles. The number of hydrogen-bond donors (Lipinski definition) is 2. The van der Waals surface area contributed by atoms with Crippen LogP contribution in [0.5, 0.6) is 5.75 Å². The highest BCUT2D eigenvalue weighted by atomic mass is 16.5. The van der Waals surface area contributed by atoms with Crippen molar-refractivity contribution in [3.63, 3.8) is 0 Å². The van der Waals surface area contributed by atoms with Gasteiger partial charge in [-0.15, -0.1) is 0 Å². The van der Waals surface area contributed by atoms with Gasteiger partial charge in [-0.3, -0.25) is 16.0 Å². The Morgan fingerprint density at radius 2 is 2.11 bits per heavy atom. The van der Waals surface area contributed by atoms with Gasteiger partial charge in [0.15, 0.2) is 5.75 Å². The van der Waals surface area contributed by atoms with Gasteiger partial charge in [-0.1, -0.05) is 30.3 Å². The Bertz CT molecular complexity index is 488. The predicted molar refractivity (Wildman–Crippen MR) is 74.7 cm³/mol. The van der Waals surface area contributed by atoms with E-state index in [4.69, 9.17) is 10.6 Å². The van der Waals surface area contributed by atoms with Crippen molar-refractivity contribution in [2.75, 3.05) is 7.11 Å². The zero-order valence-corrected chi connectivity index (χ0v) is 11.3. The number of ether oxygens (including phenoxy) is 1. The van der Waals surface area contributed by atoms with Gasteiger partial charge in [-0.2, -0.15) is 5.10 Å². The average Bonchev–Trinajstić information content (AvgIpc) is 2.88. The molecule has 19 heavy (non-hydrogen) atoms. The van der Waals surface area contributed by atoms with Gasteiger partial charge in [0.2, 0.25) is 0 Å². The maximum atomic E-state index is 5.71. The Morgan fingerprint density at radius 3 is 2.68 bits per heavy atom. The lowest BCUT2D eigenvalue weighted by Crippen LogP contribution is -2.31. The summed E-state index contributed by atoms with van der Waals surface area (Å²) in [5.74, 6) is 6.48. The molecule has 1 unspecified atom stereocenters. The summed E-state index contributed by atoms with van der Waals surface area (Å²) >= 11 is 0. The molecule has 102 valence electrons. The summed E-state index contributed by atoms with van der Waals surface area (Å²) in [5, 5.41) is 4.31. The predicted octanol–water partition coefficient (Wildman–Crippen LogP) is 1.66. The molecule has 0 saturated heterocycles. The molecule has 0 radical (unpaired) electrons. The third-order valence-corrected chi connectivity index (χ3v) is 3.18. The van der Waals surface area contributed by atoms with Gasteiger partial charge in [0, 0.05) is 6.54 Å². The van der Waals surface area contributed by atoms with Crippen molar-refractivity contribution in [1.82, 2.24) is 15.2 Å². The van der Waals surface area contributed by atoms with Gasteiger partial charge in [-0.25, -0.2) is 0 Å². The van der Waals surface area contributed by atoms with E-state index in [1.165, 1.54) is 5.56 Å². The van der Waals surface area contributed by atoms with E-state index in [-0.39, 0.29) is 6.04 Å². The van der Waals surface area contributed by atoms with E-state index >= 15 is 0 Å². The van der Waals surface area contributed by atoms with E-state index in [1.807, 2.05) is 29.8 Å². The highest BCUT2D eigenvalue weighted by Crippen LogP contribution is 2.27. The van der Waals surface area contributed by atoms with Crippen LogP contribution in [-0.2, 0) is 13.0 Å². The number of benzene rings is 1. The molecule has 0 aliphatic rings. The zero-order valence-electron chi connectivity index (χ0n) is 11.3. The minimum Gasteiger partial charge on any atom is -0.493 e. The number of hydrogen-bond acceptors (Lipinski definition) is 4. The SMILES string of the molecule is CCn1ncc(OC)c1C(Cc1ccccc1)NN. The Hall–Kier alpha value is -1.85. The van der Waals surface area contributed by atoms with Crippen molar-refractivity contribution >= 4 is 0 Å². The lowest BCUT2D eigenvalue weighted by Gasteiger charge is -2.18. The number of nitrogens with zero attached hydrogens (tertiary/aromatic N) is 2. The first-order valence-electron chi connectivity index (χ1n) is 6.39. The number of aromatic nitrogens is 2. The summed E-state index contributed by atoms with van der Waals surface area (Å²) < 4.78 is 7.28. The van der Waals surface area contributed by atoms with Crippen molar-refractivity contribution in [2.45, 2.75) is 25.9 Å². The summed E-state index contributed by atoms with van der Waals surface area (Å²) in [6, 6.07) is 10.2. The fourth-order valence-electron chi connectivity index (χ4n) is 2.22. The molecule has 5 heteroatoms. The van der Waals surface area contributed by atoms with Gasteiger partial charge >= 0.3 is 0 Å². The number of methoxy groups -OCH3 is 1. The third kappa shape index (κ3) is 2.94. The summed E-state index contributed by atoms with van der Waals surface area (Å²) in [6.07, 6.45) is 2.52. The van der Waals surface area contributed by atoms with Crippen LogP contribution in [0, 0.1) is 0 Å². The molecule has 0 fully saturated rings. The first-order valence-corrected chi connectivity index (χ1v) is 6.39. The smallest absolute Gasteiger partial charge is 0.161 e. The van der Waals surface area contributed by atoms with Gasteiger partial charge in [-0.05, 0) is 18.9 Å². The first-order chi connectivity index (χ1) is 9.30. The zero-order chi connectivity index (χ0) is 13.7. The van der Waals surface area contributed by atoms with Crippen molar-refractivity contribution in [1.29, 1.82) is 0 Å². The van der Waals surface area contributed by atoms with Crippen LogP contribution in [0.4, 0.5) is 0 Å². The van der Waals surface area contributed by atoms with Crippen LogP contribution in [0.15, 0.2) is 36.5 Å². The fourth-order valence-corrected chi connectivity index (χ4v) is 2.22. The number of aryl methyl sites for hydroxylation is 1. The molecular weight excluding hydrogens is 240 g/mol. The Balaban J connectivity index is 2.29. The topological polar surface area (TPSA) is 65.1 Å². The third-order valence-electron chi connectivity index (χ3n) is 3.18. The minimum absolute atomic E-state index is 0.0280. The molecule has 3 N–H and O–H groups in total. The number of rotatable bonds is 6. The minimum atomic E-state index is -0.0280. The summed E-state index contributed by atoms with van der Waals surface area (Å²) in [7, 11) is 1.65. The van der Waals surface area contributed by atoms with Crippen molar-refractivity contribution in [3.05, 3.63) is 47.8 Å². The molecule has 0 saturated carbocycles. The highest BCUT2D eigenvalue weighted by molar-refractivity contribution is 5.30. The van der Waals surface area contributed by atoms with E-state index in [0.717, 1.165) is 24.4 Å². The van der Waals surface area contributed by atoms with E-state index in [1.54, 1.807) is 13.3 Å². The maximum absolute atomic E-state index is 5.71. The standard InChI is InChI=1S/C14H20N4O/c1-3-18-14(13(19-2)10-16-18)12(17-15)9-11-7-5-4-6-8-11/h4-8,10,12,17H,3,9,15H2,1-2H3. The van der Waals surface area contributed by atoms with Gasteiger partial charge < -0.3 is 4.74 Å². The molecule has 0 aliphatic carbocycles. The average molecular weight is 260 g/mol. The quantitative estimate of drug-likeness (QED) is 0.612. The van der Waals surface area contributed by atoms with Crippen LogP contribution in [0.1, 0.15) is 24.2 Å². The highest BCUT2D eigenvalue weighted by Gasteiger charge is 2.20. The van der Waals surface area contributed by atoms with Gasteiger partial charge in [0.05, 0.1) is 25.0 Å². The Kier molecular flexibility index (Phi) is 4.54. The van der Waals surface area contributed by atoms with Gasteiger partial charge in [0.1, 0.15) is 0 Å². The fraction of sp³-hybridized carbons (Fsp3) is 0.357. The van der Waals surface area contributed by atoms with Gasteiger partial charge in [0.25, 0.3) is 0 Å². The molecule has 1 aromatic carbocycles. The molecular formula is C14H20N4O. The number of nitrogens with one attached hydrogen (secondary N) is 1. The molecule has 0 amide bonds. The van der Waals surface area contributed by atoms with E-state index in [0.29, 0.717) is 0 Å². The molecule has 1 aromatic heterocycles. The van der Waals surface area contributed by atoms with Crippen molar-refractivity contribution in [3.8, 4) is 5.75 Å². The van der Waals surface area contributed by atoms with Crippen LogP contribution in [0.3, 0.4) is 0 Å². The maximum Gasteiger partial charge on any atom is 0.161 e. The van der Waals surface area contributed by atoms with Crippen LogP contribution >= 0.6 is 0 Å². The second-order valence-corrected chi connectivity index (χ2v) is 4.32. The Labute approximate surface area is 113 Å². The first kappa shape index (κ1) is 13.6. The lowest BCUT2D eigenvalue weighted by atomic mass is 10.0. The lowest BCUT2D eigenvalue weighted by molar-refractivity contribution is 0.391. The second-order valence-electron chi connectivity index (χ2n) is 4.32. The molecule has 0 bridgehead atoms. The van der Waals surface area contributed by atoms with Crippen LogP contribution < -0.4 is 16.0 Å². The molecule has 1 atom stereocenters. The number of hydrazine groups is 1. The second kappa shape index (κ2) is 6.36. The largest absolute Gasteiger partial charge is 0.493 e. The van der Waals surface area contributed by atoms with Crippen molar-refractivity contribution in [2.24, 2.45) is 5.84 Å². The normalized spacial score (nSPS) is 12.4. The van der Waals surface area contributed by atoms with Crippen LogP contribution in [0.25, 0.3) is 0 Å².